The van der Waals surface area contributed by atoms with Crippen LogP contribution in [0.5, 0.6) is 0 Å². The zero-order valence-corrected chi connectivity index (χ0v) is 20.0. The third-order valence-corrected chi connectivity index (χ3v) is 7.10. The van der Waals surface area contributed by atoms with Gasteiger partial charge in [0, 0.05) is 30.7 Å². The van der Waals surface area contributed by atoms with Crippen molar-refractivity contribution in [1.29, 1.82) is 0 Å². The molecule has 1 N–H and O–H groups in total. The van der Waals surface area contributed by atoms with E-state index in [1.54, 1.807) is 42.4 Å². The molecule has 0 radical (unpaired) electrons. The molecule has 35 heavy (non-hydrogen) atoms. The summed E-state index contributed by atoms with van der Waals surface area (Å²) in [6.45, 7) is 2.20. The van der Waals surface area contributed by atoms with Gasteiger partial charge in [0.15, 0.2) is 5.69 Å². The van der Waals surface area contributed by atoms with Gasteiger partial charge in [0.05, 0.1) is 21.7 Å². The minimum atomic E-state index is -4.65. The van der Waals surface area contributed by atoms with Crippen LogP contribution in [0.1, 0.15) is 48.7 Å². The van der Waals surface area contributed by atoms with Gasteiger partial charge in [0.1, 0.15) is 11.9 Å². The van der Waals surface area contributed by atoms with Gasteiger partial charge in [-0.1, -0.05) is 29.3 Å². The van der Waals surface area contributed by atoms with Crippen molar-refractivity contribution in [3.05, 3.63) is 86.9 Å². The summed E-state index contributed by atoms with van der Waals surface area (Å²) in [5.74, 6) is -0.144. The number of anilines is 1. The molecule has 3 aromatic rings. The van der Waals surface area contributed by atoms with E-state index in [0.29, 0.717) is 28.4 Å². The summed E-state index contributed by atoms with van der Waals surface area (Å²) < 4.78 is 41.8. The summed E-state index contributed by atoms with van der Waals surface area (Å²) in [6.07, 6.45) is 0.291. The van der Waals surface area contributed by atoms with Crippen molar-refractivity contribution < 1.29 is 18.0 Å². The molecule has 0 spiro atoms. The molecule has 6 nitrogen and oxygen atoms in total. The highest BCUT2D eigenvalue weighted by Crippen LogP contribution is 2.43. The maximum Gasteiger partial charge on any atom is 0.435 e. The Balaban J connectivity index is 1.62. The number of carbonyl (C=O) groups is 1. The predicted octanol–water partition coefficient (Wildman–Crippen LogP) is 6.26. The fourth-order valence-corrected chi connectivity index (χ4v) is 5.08. The van der Waals surface area contributed by atoms with Gasteiger partial charge in [-0.05, 0) is 55.2 Å². The third-order valence-electron chi connectivity index (χ3n) is 6.36. The number of carbonyl (C=O) groups excluding carboxylic acids is 1. The van der Waals surface area contributed by atoms with E-state index in [9.17, 15) is 18.0 Å². The lowest BCUT2D eigenvalue weighted by Crippen LogP contribution is -2.38. The van der Waals surface area contributed by atoms with E-state index in [4.69, 9.17) is 23.2 Å². The molecule has 11 heteroatoms. The fourth-order valence-electron chi connectivity index (χ4n) is 4.77. The number of alkyl halides is 3. The Bertz CT molecular complexity index is 1320. The third kappa shape index (κ3) is 4.27. The Kier molecular flexibility index (Phi) is 6.01. The first-order chi connectivity index (χ1) is 16.6. The topological polar surface area (TPSA) is 63.1 Å². The van der Waals surface area contributed by atoms with Crippen LogP contribution in [0.25, 0.3) is 0 Å². The Morgan fingerprint density at radius 1 is 1.09 bits per heavy atom. The maximum absolute atomic E-state index is 14.0. The molecule has 182 valence electrons. The number of rotatable bonds is 3. The number of halogens is 5. The van der Waals surface area contributed by atoms with Crippen LogP contribution in [0.3, 0.4) is 0 Å². The van der Waals surface area contributed by atoms with Gasteiger partial charge in [0.2, 0.25) is 0 Å². The summed E-state index contributed by atoms with van der Waals surface area (Å²) in [7, 11) is 0. The normalized spacial score (nSPS) is 20.1. The van der Waals surface area contributed by atoms with Gasteiger partial charge in [-0.3, -0.25) is 9.78 Å². The van der Waals surface area contributed by atoms with Crippen molar-refractivity contribution >= 4 is 34.9 Å². The van der Waals surface area contributed by atoms with E-state index in [1.807, 2.05) is 12.1 Å². The second kappa shape index (κ2) is 8.87. The van der Waals surface area contributed by atoms with E-state index in [2.05, 4.69) is 15.4 Å². The second-order valence-corrected chi connectivity index (χ2v) is 9.35. The molecule has 2 unspecified atom stereocenters. The number of allylic oxidation sites excluding steroid dienone is 1. The van der Waals surface area contributed by atoms with Crippen molar-refractivity contribution in [2.45, 2.75) is 38.0 Å². The molecule has 1 saturated heterocycles. The van der Waals surface area contributed by atoms with Crippen molar-refractivity contribution in [2.24, 2.45) is 0 Å². The van der Waals surface area contributed by atoms with E-state index in [1.165, 1.54) is 4.68 Å². The molecule has 4 heterocycles. The van der Waals surface area contributed by atoms with Crippen molar-refractivity contribution in [3.8, 4) is 0 Å². The fraction of sp³-hybridized carbons (Fsp3) is 0.292. The van der Waals surface area contributed by atoms with Crippen LogP contribution in [0.4, 0.5) is 19.0 Å². The molecule has 2 aliphatic rings. The number of fused-ring (bicyclic) bond motifs is 1. The minimum absolute atomic E-state index is 0.134. The Hall–Kier alpha value is -3.04. The Morgan fingerprint density at radius 2 is 1.83 bits per heavy atom. The molecular weight excluding hydrogens is 502 g/mol. The molecule has 0 bridgehead atoms. The molecule has 0 aliphatic carbocycles. The number of hydrogen-bond donors (Lipinski definition) is 1. The minimum Gasteiger partial charge on any atom is -0.344 e. The molecule has 2 aliphatic heterocycles. The quantitative estimate of drug-likeness (QED) is 0.442. The zero-order valence-electron chi connectivity index (χ0n) is 18.5. The van der Waals surface area contributed by atoms with Gasteiger partial charge in [-0.15, -0.1) is 0 Å². The standard InChI is InChI=1S/C24H20Cl2F3N5O/c1-13-21(23(35)33-10-2-3-18(33)14-6-8-30-9-7-14)22(15-4-5-16(25)17(26)11-15)34-20(31-13)12-19(32-34)24(27,28)29/h4-9,11-12,18,22,31H,2-3,10H2,1H3. The van der Waals surface area contributed by atoms with E-state index >= 15 is 0 Å². The molecule has 1 aromatic carbocycles. The molecule has 5 rings (SSSR count). The summed E-state index contributed by atoms with van der Waals surface area (Å²) >= 11 is 12.4. The first-order valence-electron chi connectivity index (χ1n) is 11.0. The van der Waals surface area contributed by atoms with Crippen LogP contribution >= 0.6 is 23.2 Å². The number of nitrogens with zero attached hydrogens (tertiary/aromatic N) is 4. The predicted molar refractivity (Wildman–Crippen MR) is 126 cm³/mol. The Morgan fingerprint density at radius 3 is 2.51 bits per heavy atom. The van der Waals surface area contributed by atoms with E-state index in [-0.39, 0.29) is 22.8 Å². The van der Waals surface area contributed by atoms with E-state index in [0.717, 1.165) is 24.5 Å². The molecule has 0 saturated carbocycles. The van der Waals surface area contributed by atoms with Crippen LogP contribution in [0.15, 0.2) is 60.1 Å². The smallest absolute Gasteiger partial charge is 0.344 e. The summed E-state index contributed by atoms with van der Waals surface area (Å²) in [6, 6.07) is 8.35. The number of pyridine rings is 1. The second-order valence-electron chi connectivity index (χ2n) is 8.53. The summed E-state index contributed by atoms with van der Waals surface area (Å²) in [4.78, 5) is 19.9. The average molecular weight is 522 g/mol. The monoisotopic (exact) mass is 521 g/mol. The number of hydrogen-bond acceptors (Lipinski definition) is 4. The number of nitrogens with one attached hydrogen (secondary N) is 1. The van der Waals surface area contributed by atoms with Crippen molar-refractivity contribution in [3.63, 3.8) is 0 Å². The van der Waals surface area contributed by atoms with E-state index < -0.39 is 17.9 Å². The largest absolute Gasteiger partial charge is 0.435 e. The zero-order chi connectivity index (χ0) is 24.9. The Labute approximate surface area is 209 Å². The highest BCUT2D eigenvalue weighted by molar-refractivity contribution is 6.42. The average Bonchev–Trinajstić information content (AvgIpc) is 3.47. The summed E-state index contributed by atoms with van der Waals surface area (Å²) in [5.41, 5.74) is 1.16. The van der Waals surface area contributed by atoms with Crippen LogP contribution in [-0.4, -0.2) is 32.1 Å². The lowest BCUT2D eigenvalue weighted by atomic mass is 9.93. The van der Waals surface area contributed by atoms with Crippen molar-refractivity contribution in [2.75, 3.05) is 11.9 Å². The lowest BCUT2D eigenvalue weighted by molar-refractivity contribution is -0.141. The van der Waals surface area contributed by atoms with Crippen LogP contribution < -0.4 is 5.32 Å². The highest BCUT2D eigenvalue weighted by atomic mass is 35.5. The number of amides is 1. The molecular formula is C24H20Cl2F3N5O. The molecule has 2 aromatic heterocycles. The van der Waals surface area contributed by atoms with Crippen LogP contribution in [0, 0.1) is 0 Å². The van der Waals surface area contributed by atoms with Crippen LogP contribution in [-0.2, 0) is 11.0 Å². The van der Waals surface area contributed by atoms with Gasteiger partial charge in [0.25, 0.3) is 5.91 Å². The van der Waals surface area contributed by atoms with Gasteiger partial charge >= 0.3 is 6.18 Å². The highest BCUT2D eigenvalue weighted by Gasteiger charge is 2.42. The van der Waals surface area contributed by atoms with Crippen molar-refractivity contribution in [1.82, 2.24) is 19.7 Å². The number of aromatic nitrogens is 3. The van der Waals surface area contributed by atoms with Gasteiger partial charge in [-0.25, -0.2) is 4.68 Å². The molecule has 2 atom stereocenters. The SMILES string of the molecule is CC1=C(C(=O)N2CCCC2c2ccncc2)C(c2ccc(Cl)c(Cl)c2)n2nc(C(F)(F)F)cc2N1. The lowest BCUT2D eigenvalue weighted by Gasteiger charge is -2.34. The van der Waals surface area contributed by atoms with Gasteiger partial charge in [-0.2, -0.15) is 18.3 Å². The molecule has 1 fully saturated rings. The maximum atomic E-state index is 14.0. The van der Waals surface area contributed by atoms with Crippen LogP contribution in [0.2, 0.25) is 10.0 Å². The summed E-state index contributed by atoms with van der Waals surface area (Å²) in [5, 5.41) is 7.32. The molecule has 1 amide bonds. The van der Waals surface area contributed by atoms with Gasteiger partial charge < -0.3 is 10.2 Å². The number of benzene rings is 1. The number of likely N-dealkylation sites (tertiary alicyclic amines) is 1. The first-order valence-corrected chi connectivity index (χ1v) is 11.7. The first kappa shape index (κ1) is 23.7.